The molecule has 1 aliphatic rings. The summed E-state index contributed by atoms with van der Waals surface area (Å²) >= 11 is 0. The van der Waals surface area contributed by atoms with E-state index >= 15 is 0 Å². The minimum Gasteiger partial charge on any atom is -0.478 e. The lowest BCUT2D eigenvalue weighted by molar-refractivity contribution is -0.119. The number of nitrogens with zero attached hydrogens (tertiary/aromatic N) is 1. The van der Waals surface area contributed by atoms with Gasteiger partial charge in [0.1, 0.15) is 0 Å². The van der Waals surface area contributed by atoms with Crippen molar-refractivity contribution in [1.82, 2.24) is 0 Å². The van der Waals surface area contributed by atoms with Crippen molar-refractivity contribution in [3.8, 4) is 0 Å². The van der Waals surface area contributed by atoms with E-state index in [0.29, 0.717) is 12.2 Å². The fraction of sp³-hybridized carbons (Fsp3) is 0.333. The van der Waals surface area contributed by atoms with Crippen molar-refractivity contribution in [2.75, 3.05) is 11.4 Å². The van der Waals surface area contributed by atoms with Gasteiger partial charge in [0.25, 0.3) is 0 Å². The molecule has 1 aromatic rings. The summed E-state index contributed by atoms with van der Waals surface area (Å²) in [6, 6.07) is 4.27. The molecule has 5 nitrogen and oxygen atoms in total. The summed E-state index contributed by atoms with van der Waals surface area (Å²) in [6.07, 6.45) is 0.744. The summed E-state index contributed by atoms with van der Waals surface area (Å²) < 4.78 is 0. The molecule has 5 heteroatoms. The van der Waals surface area contributed by atoms with Crippen LogP contribution in [0.5, 0.6) is 0 Å². The number of aromatic carboxylic acids is 1. The van der Waals surface area contributed by atoms with E-state index in [4.69, 9.17) is 10.8 Å². The molecule has 0 spiro atoms. The molecule has 0 aliphatic carbocycles. The highest BCUT2D eigenvalue weighted by molar-refractivity contribution is 6.00. The number of hydrogen-bond acceptors (Lipinski definition) is 3. The minimum atomic E-state index is -0.993. The number of benzene rings is 1. The number of hydrogen-bond donors (Lipinski definition) is 2. The lowest BCUT2D eigenvalue weighted by atomic mass is 10.1. The Labute approximate surface area is 98.8 Å². The van der Waals surface area contributed by atoms with Crippen molar-refractivity contribution in [2.24, 2.45) is 5.73 Å². The molecule has 1 aliphatic heterocycles. The zero-order valence-electron chi connectivity index (χ0n) is 9.51. The highest BCUT2D eigenvalue weighted by Crippen LogP contribution is 2.29. The molecule has 0 bridgehead atoms. The maximum Gasteiger partial charge on any atom is 0.335 e. The molecule has 1 atom stereocenters. The van der Waals surface area contributed by atoms with Crippen LogP contribution < -0.4 is 10.6 Å². The third-order valence-corrected chi connectivity index (χ3v) is 2.88. The second-order valence-electron chi connectivity index (χ2n) is 4.18. The largest absolute Gasteiger partial charge is 0.478 e. The number of carbonyl (C=O) groups excluding carboxylic acids is 1. The van der Waals surface area contributed by atoms with Gasteiger partial charge in [-0.3, -0.25) is 4.79 Å². The quantitative estimate of drug-likeness (QED) is 0.785. The Morgan fingerprint density at radius 1 is 1.47 bits per heavy atom. The van der Waals surface area contributed by atoms with Crippen molar-refractivity contribution in [3.05, 3.63) is 29.3 Å². The number of carboxylic acids is 1. The number of carboxylic acid groups (broad SMARTS) is 1. The Hall–Kier alpha value is -1.88. The molecule has 0 radical (unpaired) electrons. The topological polar surface area (TPSA) is 83.6 Å². The fourth-order valence-electron chi connectivity index (χ4n) is 1.99. The molecule has 0 fully saturated rings. The lowest BCUT2D eigenvalue weighted by Gasteiger charge is -2.19. The second-order valence-corrected chi connectivity index (χ2v) is 4.18. The molecular weight excluding hydrogens is 220 g/mol. The molecule has 0 saturated heterocycles. The van der Waals surface area contributed by atoms with Crippen LogP contribution in [0.25, 0.3) is 0 Å². The van der Waals surface area contributed by atoms with Gasteiger partial charge in [-0.05, 0) is 31.0 Å². The third-order valence-electron chi connectivity index (χ3n) is 2.88. The van der Waals surface area contributed by atoms with Gasteiger partial charge in [-0.2, -0.15) is 0 Å². The number of carbonyl (C=O) groups is 2. The zero-order valence-corrected chi connectivity index (χ0v) is 9.51. The van der Waals surface area contributed by atoms with Gasteiger partial charge in [-0.25, -0.2) is 4.79 Å². The van der Waals surface area contributed by atoms with Crippen LogP contribution in [0.2, 0.25) is 0 Å². The van der Waals surface area contributed by atoms with Crippen molar-refractivity contribution in [3.63, 3.8) is 0 Å². The average Bonchev–Trinajstić information content (AvgIpc) is 2.70. The van der Waals surface area contributed by atoms with E-state index in [1.807, 2.05) is 0 Å². The van der Waals surface area contributed by atoms with E-state index in [9.17, 15) is 9.59 Å². The molecule has 1 unspecified atom stereocenters. The SMILES string of the molecule is CC(N)C(=O)N1CCc2ccc(C(=O)O)cc21. The standard InChI is InChI=1S/C12H14N2O3/c1-7(13)11(15)14-5-4-8-2-3-9(12(16)17)6-10(8)14/h2-3,6-7H,4-5,13H2,1H3,(H,16,17). The summed E-state index contributed by atoms with van der Waals surface area (Å²) in [5, 5.41) is 8.92. The van der Waals surface area contributed by atoms with Gasteiger partial charge in [-0.1, -0.05) is 6.07 Å². The molecule has 0 aromatic heterocycles. The summed E-state index contributed by atoms with van der Waals surface area (Å²) in [7, 11) is 0. The van der Waals surface area contributed by atoms with Crippen LogP contribution in [-0.2, 0) is 11.2 Å². The van der Waals surface area contributed by atoms with E-state index in [-0.39, 0.29) is 11.5 Å². The average molecular weight is 234 g/mol. The molecule has 1 heterocycles. The van der Waals surface area contributed by atoms with Crippen LogP contribution in [-0.4, -0.2) is 29.6 Å². The van der Waals surface area contributed by atoms with Crippen LogP contribution in [0.4, 0.5) is 5.69 Å². The Balaban J connectivity index is 2.39. The van der Waals surface area contributed by atoms with Crippen molar-refractivity contribution in [1.29, 1.82) is 0 Å². The maximum absolute atomic E-state index is 11.8. The summed E-state index contributed by atoms with van der Waals surface area (Å²) in [6.45, 7) is 2.19. The number of rotatable bonds is 2. The number of nitrogens with two attached hydrogens (primary N) is 1. The maximum atomic E-state index is 11.8. The molecule has 1 amide bonds. The molecule has 3 N–H and O–H groups in total. The molecule has 1 aromatic carbocycles. The van der Waals surface area contributed by atoms with Crippen molar-refractivity contribution >= 4 is 17.6 Å². The fourth-order valence-corrected chi connectivity index (χ4v) is 1.99. The van der Waals surface area contributed by atoms with E-state index < -0.39 is 12.0 Å². The number of fused-ring (bicyclic) bond motifs is 1. The Bertz CT molecular complexity index is 483. The summed E-state index contributed by atoms with van der Waals surface area (Å²) in [4.78, 5) is 24.3. The Morgan fingerprint density at radius 3 is 2.76 bits per heavy atom. The molecule has 0 saturated carbocycles. The molecule has 2 rings (SSSR count). The zero-order chi connectivity index (χ0) is 12.6. The first-order chi connectivity index (χ1) is 8.00. The van der Waals surface area contributed by atoms with Gasteiger partial charge < -0.3 is 15.7 Å². The highest BCUT2D eigenvalue weighted by atomic mass is 16.4. The molecule has 90 valence electrons. The van der Waals surface area contributed by atoms with E-state index in [0.717, 1.165) is 12.0 Å². The first-order valence-electron chi connectivity index (χ1n) is 5.44. The van der Waals surface area contributed by atoms with Gasteiger partial charge in [-0.15, -0.1) is 0 Å². The van der Waals surface area contributed by atoms with Gasteiger partial charge in [0.05, 0.1) is 11.6 Å². The highest BCUT2D eigenvalue weighted by Gasteiger charge is 2.27. The minimum absolute atomic E-state index is 0.175. The first kappa shape index (κ1) is 11.6. The first-order valence-corrected chi connectivity index (χ1v) is 5.44. The van der Waals surface area contributed by atoms with Crippen molar-refractivity contribution < 1.29 is 14.7 Å². The third kappa shape index (κ3) is 2.01. The summed E-state index contributed by atoms with van der Waals surface area (Å²) in [5.74, 6) is -1.17. The Kier molecular flexibility index (Phi) is 2.85. The predicted octanol–water partition coefficient (Wildman–Crippen LogP) is 0.621. The lowest BCUT2D eigenvalue weighted by Crippen LogP contribution is -2.41. The summed E-state index contributed by atoms with van der Waals surface area (Å²) in [5.41, 5.74) is 7.41. The van der Waals surface area contributed by atoms with Crippen LogP contribution in [0.3, 0.4) is 0 Å². The van der Waals surface area contributed by atoms with Gasteiger partial charge in [0, 0.05) is 12.2 Å². The van der Waals surface area contributed by atoms with E-state index in [2.05, 4.69) is 0 Å². The van der Waals surface area contributed by atoms with Gasteiger partial charge in [0.2, 0.25) is 5.91 Å². The van der Waals surface area contributed by atoms with Crippen LogP contribution in [0.1, 0.15) is 22.8 Å². The monoisotopic (exact) mass is 234 g/mol. The number of anilines is 1. The van der Waals surface area contributed by atoms with Crippen LogP contribution in [0, 0.1) is 0 Å². The second kappa shape index (κ2) is 4.18. The van der Waals surface area contributed by atoms with Crippen molar-refractivity contribution in [2.45, 2.75) is 19.4 Å². The molecule has 17 heavy (non-hydrogen) atoms. The van der Waals surface area contributed by atoms with Gasteiger partial charge >= 0.3 is 5.97 Å². The molecular formula is C12H14N2O3. The normalized spacial score (nSPS) is 15.5. The smallest absolute Gasteiger partial charge is 0.335 e. The van der Waals surface area contributed by atoms with Gasteiger partial charge in [0.15, 0.2) is 0 Å². The number of amides is 1. The van der Waals surface area contributed by atoms with E-state index in [1.165, 1.54) is 6.07 Å². The van der Waals surface area contributed by atoms with E-state index in [1.54, 1.807) is 24.0 Å². The predicted molar refractivity (Wildman–Crippen MR) is 63.1 cm³/mol. The van der Waals surface area contributed by atoms with Crippen LogP contribution in [0.15, 0.2) is 18.2 Å². The Morgan fingerprint density at radius 2 is 2.18 bits per heavy atom. The van der Waals surface area contributed by atoms with Crippen LogP contribution >= 0.6 is 0 Å².